The highest BCUT2D eigenvalue weighted by Gasteiger charge is 2.45. The Kier molecular flexibility index (Phi) is 4.41. The number of rotatable bonds is 4. The lowest BCUT2D eigenvalue weighted by atomic mass is 9.86. The van der Waals surface area contributed by atoms with Crippen molar-refractivity contribution in [2.75, 3.05) is 24.2 Å². The number of anilines is 1. The van der Waals surface area contributed by atoms with E-state index in [1.165, 1.54) is 23.2 Å². The van der Waals surface area contributed by atoms with Gasteiger partial charge in [0.2, 0.25) is 0 Å². The van der Waals surface area contributed by atoms with Gasteiger partial charge in [-0.1, -0.05) is 17.8 Å². The van der Waals surface area contributed by atoms with Gasteiger partial charge in [-0.3, -0.25) is 9.88 Å². The van der Waals surface area contributed by atoms with Gasteiger partial charge in [0.25, 0.3) is 0 Å². The number of thioether (sulfide) groups is 1. The quantitative estimate of drug-likeness (QED) is 0.621. The summed E-state index contributed by atoms with van der Waals surface area (Å²) in [6, 6.07) is 5.38. The monoisotopic (exact) mass is 355 g/mol. The molecule has 0 radical (unpaired) electrons. The average Bonchev–Trinajstić information content (AvgIpc) is 2.63. The molecule has 3 fully saturated rings. The topological polar surface area (TPSA) is 45.2 Å². The molecule has 3 saturated heterocycles. The molecule has 5 heterocycles. The predicted octanol–water partition coefficient (Wildman–Crippen LogP) is 2.98. The van der Waals surface area contributed by atoms with Crippen LogP contribution in [-0.4, -0.2) is 51.3 Å². The van der Waals surface area contributed by atoms with E-state index in [9.17, 15) is 0 Å². The minimum absolute atomic E-state index is 0.604. The Balaban J connectivity index is 1.51. The summed E-state index contributed by atoms with van der Waals surface area (Å²) < 4.78 is 0. The van der Waals surface area contributed by atoms with E-state index in [2.05, 4.69) is 46.6 Å². The number of hydrogen-bond donors (Lipinski definition) is 0. The summed E-state index contributed by atoms with van der Waals surface area (Å²) in [5, 5.41) is 0.873. The number of piperazine rings is 1. The second kappa shape index (κ2) is 6.57. The van der Waals surface area contributed by atoms with Gasteiger partial charge in [-0.15, -0.1) is 0 Å². The van der Waals surface area contributed by atoms with Crippen LogP contribution in [0.25, 0.3) is 0 Å². The predicted molar refractivity (Wildman–Crippen MR) is 102 cm³/mol. The number of piperidine rings is 1. The van der Waals surface area contributed by atoms with Gasteiger partial charge >= 0.3 is 0 Å². The SMILES string of the molecule is CSc1nc(C)c(C)c(N2CC3CC(C2)N3Cc2ncccc2C)n1. The molecule has 132 valence electrons. The van der Waals surface area contributed by atoms with Gasteiger partial charge in [0, 0.05) is 49.2 Å². The van der Waals surface area contributed by atoms with Crippen molar-refractivity contribution in [1.82, 2.24) is 19.9 Å². The van der Waals surface area contributed by atoms with E-state index in [0.29, 0.717) is 12.1 Å². The normalized spacial score (nSPS) is 22.8. The third-order valence-corrected chi connectivity index (χ3v) is 6.17. The Labute approximate surface area is 153 Å². The van der Waals surface area contributed by atoms with E-state index in [0.717, 1.165) is 36.3 Å². The van der Waals surface area contributed by atoms with E-state index in [4.69, 9.17) is 4.98 Å². The fourth-order valence-electron chi connectivity index (χ4n) is 3.96. The van der Waals surface area contributed by atoms with Crippen LogP contribution < -0.4 is 4.90 Å². The maximum atomic E-state index is 4.80. The van der Waals surface area contributed by atoms with Gasteiger partial charge in [0.1, 0.15) is 5.82 Å². The lowest BCUT2D eigenvalue weighted by Crippen LogP contribution is -2.68. The van der Waals surface area contributed by atoms with Crippen LogP contribution in [0, 0.1) is 20.8 Å². The number of hydrogen-bond acceptors (Lipinski definition) is 6. The van der Waals surface area contributed by atoms with E-state index in [-0.39, 0.29) is 0 Å². The first kappa shape index (κ1) is 16.8. The maximum absolute atomic E-state index is 4.80. The average molecular weight is 356 g/mol. The standard InChI is InChI=1S/C19H25N5S/c1-12-6-5-7-20-17(12)11-24-15-8-16(24)10-23(9-15)18-13(2)14(3)21-19(22-18)25-4/h5-7,15-16H,8-11H2,1-4H3. The first-order valence-electron chi connectivity index (χ1n) is 8.87. The zero-order valence-electron chi connectivity index (χ0n) is 15.4. The van der Waals surface area contributed by atoms with E-state index >= 15 is 0 Å². The Bertz CT molecular complexity index is 781. The second-order valence-corrected chi connectivity index (χ2v) is 7.91. The molecule has 2 aromatic rings. The molecular formula is C19H25N5S. The fraction of sp³-hybridized carbons (Fsp3) is 0.526. The first-order chi connectivity index (χ1) is 12.1. The Morgan fingerprint density at radius 2 is 1.92 bits per heavy atom. The summed E-state index contributed by atoms with van der Waals surface area (Å²) in [5.41, 5.74) is 4.81. The molecule has 25 heavy (non-hydrogen) atoms. The van der Waals surface area contributed by atoms with Gasteiger partial charge in [-0.05, 0) is 45.1 Å². The Morgan fingerprint density at radius 3 is 2.60 bits per heavy atom. The zero-order chi connectivity index (χ0) is 17.6. The molecule has 2 unspecified atom stereocenters. The van der Waals surface area contributed by atoms with Gasteiger partial charge < -0.3 is 4.90 Å². The molecule has 2 bridgehead atoms. The van der Waals surface area contributed by atoms with Crippen molar-refractivity contribution in [1.29, 1.82) is 0 Å². The largest absolute Gasteiger partial charge is 0.353 e. The van der Waals surface area contributed by atoms with Crippen molar-refractivity contribution in [3.8, 4) is 0 Å². The lowest BCUT2D eigenvalue weighted by Gasteiger charge is -2.56. The Hall–Kier alpha value is -1.66. The van der Waals surface area contributed by atoms with Gasteiger partial charge in [0.05, 0.1) is 5.69 Å². The summed E-state index contributed by atoms with van der Waals surface area (Å²) in [4.78, 5) is 19.0. The van der Waals surface area contributed by atoms with Crippen LogP contribution in [0.15, 0.2) is 23.5 Å². The molecule has 2 atom stereocenters. The van der Waals surface area contributed by atoms with Crippen molar-refractivity contribution in [3.05, 3.63) is 40.8 Å². The molecule has 5 rings (SSSR count). The molecule has 0 spiro atoms. The molecule has 6 heteroatoms. The summed E-state index contributed by atoms with van der Waals surface area (Å²) in [6.07, 6.45) is 5.24. The van der Waals surface area contributed by atoms with Crippen LogP contribution >= 0.6 is 11.8 Å². The third-order valence-electron chi connectivity index (χ3n) is 5.62. The molecule has 5 nitrogen and oxygen atoms in total. The second-order valence-electron chi connectivity index (χ2n) is 7.13. The molecule has 0 amide bonds. The summed E-state index contributed by atoms with van der Waals surface area (Å²) in [7, 11) is 0. The number of nitrogens with zero attached hydrogens (tertiary/aromatic N) is 5. The van der Waals surface area contributed by atoms with Crippen molar-refractivity contribution < 1.29 is 0 Å². The van der Waals surface area contributed by atoms with Crippen molar-refractivity contribution in [2.45, 2.75) is 51.0 Å². The van der Waals surface area contributed by atoms with Crippen LogP contribution in [-0.2, 0) is 6.54 Å². The number of aryl methyl sites for hydroxylation is 2. The summed E-state index contributed by atoms with van der Waals surface area (Å²) in [5.74, 6) is 1.13. The fourth-order valence-corrected chi connectivity index (χ4v) is 4.37. The molecular weight excluding hydrogens is 330 g/mol. The minimum Gasteiger partial charge on any atom is -0.353 e. The summed E-state index contributed by atoms with van der Waals surface area (Å²) >= 11 is 1.62. The molecule has 0 saturated carbocycles. The highest BCUT2D eigenvalue weighted by Crippen LogP contribution is 2.36. The number of aromatic nitrogens is 3. The van der Waals surface area contributed by atoms with Gasteiger partial charge in [-0.25, -0.2) is 9.97 Å². The Morgan fingerprint density at radius 1 is 1.16 bits per heavy atom. The molecule has 0 aliphatic carbocycles. The van der Waals surface area contributed by atoms with Crippen LogP contribution in [0.3, 0.4) is 0 Å². The summed E-state index contributed by atoms with van der Waals surface area (Å²) in [6.45, 7) is 9.45. The molecule has 0 aromatic carbocycles. The van der Waals surface area contributed by atoms with Gasteiger partial charge in [0.15, 0.2) is 5.16 Å². The van der Waals surface area contributed by atoms with Crippen molar-refractivity contribution >= 4 is 17.6 Å². The van der Waals surface area contributed by atoms with E-state index in [1.807, 2.05) is 18.5 Å². The highest BCUT2D eigenvalue weighted by molar-refractivity contribution is 7.98. The van der Waals surface area contributed by atoms with E-state index in [1.54, 1.807) is 11.8 Å². The van der Waals surface area contributed by atoms with Crippen molar-refractivity contribution in [3.63, 3.8) is 0 Å². The number of fused-ring (bicyclic) bond motifs is 2. The lowest BCUT2D eigenvalue weighted by molar-refractivity contribution is -0.00991. The molecule has 0 N–H and O–H groups in total. The first-order valence-corrected chi connectivity index (χ1v) is 10.1. The zero-order valence-corrected chi connectivity index (χ0v) is 16.2. The van der Waals surface area contributed by atoms with Crippen molar-refractivity contribution in [2.24, 2.45) is 0 Å². The van der Waals surface area contributed by atoms with Crippen LogP contribution in [0.2, 0.25) is 0 Å². The maximum Gasteiger partial charge on any atom is 0.189 e. The van der Waals surface area contributed by atoms with Crippen LogP contribution in [0.4, 0.5) is 5.82 Å². The van der Waals surface area contributed by atoms with Crippen LogP contribution in [0.5, 0.6) is 0 Å². The highest BCUT2D eigenvalue weighted by atomic mass is 32.2. The van der Waals surface area contributed by atoms with Crippen LogP contribution in [0.1, 0.15) is 28.9 Å². The molecule has 2 aromatic heterocycles. The third kappa shape index (κ3) is 3.02. The minimum atomic E-state index is 0.604. The molecule has 3 aliphatic rings. The molecule has 3 aliphatic heterocycles. The number of pyridine rings is 1. The van der Waals surface area contributed by atoms with Gasteiger partial charge in [-0.2, -0.15) is 0 Å². The smallest absolute Gasteiger partial charge is 0.189 e. The van der Waals surface area contributed by atoms with E-state index < -0.39 is 0 Å².